The molecule has 3 nitrogen and oxygen atoms in total. The van der Waals surface area contributed by atoms with Crippen LogP contribution in [0.5, 0.6) is 0 Å². The van der Waals surface area contributed by atoms with E-state index in [-0.39, 0.29) is 6.04 Å². The fraction of sp³-hybridized carbons (Fsp3) is 0.471. The first-order valence-corrected chi connectivity index (χ1v) is 7.89. The van der Waals surface area contributed by atoms with Crippen LogP contribution in [0.25, 0.3) is 0 Å². The zero-order valence-corrected chi connectivity index (χ0v) is 14.0. The van der Waals surface area contributed by atoms with Gasteiger partial charge in [-0.3, -0.25) is 4.68 Å². The molecule has 0 saturated heterocycles. The lowest BCUT2D eigenvalue weighted by molar-refractivity contribution is 0.526. The van der Waals surface area contributed by atoms with Crippen LogP contribution in [-0.4, -0.2) is 16.3 Å². The summed E-state index contributed by atoms with van der Waals surface area (Å²) in [6.45, 7) is 7.36. The minimum absolute atomic E-state index is 0.270. The molecule has 0 saturated carbocycles. The van der Waals surface area contributed by atoms with Crippen molar-refractivity contribution in [3.8, 4) is 0 Å². The van der Waals surface area contributed by atoms with Crippen molar-refractivity contribution in [2.24, 2.45) is 7.05 Å². The van der Waals surface area contributed by atoms with Crippen molar-refractivity contribution >= 4 is 11.6 Å². The molecule has 0 fully saturated rings. The predicted molar refractivity (Wildman–Crippen MR) is 88.9 cm³/mol. The zero-order chi connectivity index (χ0) is 15.4. The molecule has 1 N–H and O–H groups in total. The Morgan fingerprint density at radius 3 is 2.57 bits per heavy atom. The average molecular weight is 306 g/mol. The van der Waals surface area contributed by atoms with E-state index in [2.05, 4.69) is 48.5 Å². The van der Waals surface area contributed by atoms with E-state index in [1.807, 2.05) is 14.0 Å². The van der Waals surface area contributed by atoms with Crippen LogP contribution in [0.15, 0.2) is 24.3 Å². The van der Waals surface area contributed by atoms with Gasteiger partial charge in [-0.1, -0.05) is 42.8 Å². The van der Waals surface area contributed by atoms with E-state index in [0.717, 1.165) is 35.8 Å². The number of aryl methyl sites for hydroxylation is 3. The minimum atomic E-state index is 0.270. The highest BCUT2D eigenvalue weighted by atomic mass is 35.5. The smallest absolute Gasteiger partial charge is 0.130 e. The van der Waals surface area contributed by atoms with Crippen molar-refractivity contribution in [3.05, 3.63) is 51.8 Å². The first-order valence-electron chi connectivity index (χ1n) is 7.51. The molecule has 0 aliphatic rings. The molecule has 0 aliphatic carbocycles. The number of rotatable bonds is 6. The normalized spacial score (nSPS) is 12.6. The Morgan fingerprint density at radius 1 is 1.29 bits per heavy atom. The van der Waals surface area contributed by atoms with E-state index in [4.69, 9.17) is 11.6 Å². The van der Waals surface area contributed by atoms with Crippen LogP contribution in [0.4, 0.5) is 0 Å². The molecule has 0 spiro atoms. The van der Waals surface area contributed by atoms with Crippen LogP contribution in [0, 0.1) is 13.8 Å². The Bertz CT molecular complexity index is 604. The van der Waals surface area contributed by atoms with E-state index in [1.54, 1.807) is 4.68 Å². The molecule has 1 atom stereocenters. The molecule has 0 aliphatic heterocycles. The standard InChI is InChI=1S/C17H24ClN3/c1-5-10-19-16(14-9-7-6-8-12(14)2)11-15-13(3)20-21(4)17(15)18/h6-9,16,19H,5,10-11H2,1-4H3. The quantitative estimate of drug-likeness (QED) is 0.875. The van der Waals surface area contributed by atoms with Gasteiger partial charge < -0.3 is 5.32 Å². The second kappa shape index (κ2) is 7.10. The molecule has 2 aromatic rings. The average Bonchev–Trinajstić information content (AvgIpc) is 2.70. The van der Waals surface area contributed by atoms with Gasteiger partial charge in [0.05, 0.1) is 5.69 Å². The Hall–Kier alpha value is -1.32. The first-order chi connectivity index (χ1) is 10.0. The Kier molecular flexibility index (Phi) is 5.43. The van der Waals surface area contributed by atoms with Gasteiger partial charge in [0, 0.05) is 18.7 Å². The molecule has 1 unspecified atom stereocenters. The second-order valence-electron chi connectivity index (χ2n) is 5.55. The maximum atomic E-state index is 6.39. The van der Waals surface area contributed by atoms with Crippen molar-refractivity contribution in [2.75, 3.05) is 6.54 Å². The third-order valence-corrected chi connectivity index (χ3v) is 4.36. The summed E-state index contributed by atoms with van der Waals surface area (Å²) in [6, 6.07) is 8.81. The number of nitrogens with zero attached hydrogens (tertiary/aromatic N) is 2. The van der Waals surface area contributed by atoms with Crippen molar-refractivity contribution in [3.63, 3.8) is 0 Å². The summed E-state index contributed by atoms with van der Waals surface area (Å²) in [4.78, 5) is 0. The lowest BCUT2D eigenvalue weighted by atomic mass is 9.95. The topological polar surface area (TPSA) is 29.9 Å². The highest BCUT2D eigenvalue weighted by Crippen LogP contribution is 2.27. The summed E-state index contributed by atoms with van der Waals surface area (Å²) < 4.78 is 1.75. The van der Waals surface area contributed by atoms with E-state index in [0.29, 0.717) is 0 Å². The van der Waals surface area contributed by atoms with Gasteiger partial charge in [-0.25, -0.2) is 0 Å². The number of hydrogen-bond donors (Lipinski definition) is 1. The molecule has 0 amide bonds. The molecule has 21 heavy (non-hydrogen) atoms. The molecule has 2 rings (SSSR count). The van der Waals surface area contributed by atoms with Crippen LogP contribution in [-0.2, 0) is 13.5 Å². The molecule has 1 aromatic heterocycles. The summed E-state index contributed by atoms with van der Waals surface area (Å²) in [7, 11) is 1.89. The predicted octanol–water partition coefficient (Wildman–Crippen LogP) is 3.97. The number of halogens is 1. The third-order valence-electron chi connectivity index (χ3n) is 3.88. The van der Waals surface area contributed by atoms with Gasteiger partial charge in [-0.15, -0.1) is 0 Å². The fourth-order valence-electron chi connectivity index (χ4n) is 2.70. The number of hydrogen-bond acceptors (Lipinski definition) is 2. The maximum Gasteiger partial charge on any atom is 0.130 e. The monoisotopic (exact) mass is 305 g/mol. The van der Waals surface area contributed by atoms with Gasteiger partial charge in [0.25, 0.3) is 0 Å². The molecular weight excluding hydrogens is 282 g/mol. The van der Waals surface area contributed by atoms with Crippen LogP contribution in [0.3, 0.4) is 0 Å². The Balaban J connectivity index is 2.31. The fourth-order valence-corrected chi connectivity index (χ4v) is 2.95. The summed E-state index contributed by atoms with van der Waals surface area (Å²) in [5.74, 6) is 0. The second-order valence-corrected chi connectivity index (χ2v) is 5.90. The number of benzene rings is 1. The third kappa shape index (κ3) is 3.66. The van der Waals surface area contributed by atoms with Gasteiger partial charge in [-0.05, 0) is 44.4 Å². The van der Waals surface area contributed by atoms with Crippen LogP contribution in [0.2, 0.25) is 5.15 Å². The van der Waals surface area contributed by atoms with E-state index < -0.39 is 0 Å². The summed E-state index contributed by atoms with van der Waals surface area (Å²) in [5, 5.41) is 8.80. The highest BCUT2D eigenvalue weighted by Gasteiger charge is 2.19. The molecule has 114 valence electrons. The van der Waals surface area contributed by atoms with Crippen LogP contribution in [0.1, 0.15) is 41.8 Å². The van der Waals surface area contributed by atoms with Gasteiger partial charge in [0.15, 0.2) is 0 Å². The molecule has 0 bridgehead atoms. The maximum absolute atomic E-state index is 6.39. The van der Waals surface area contributed by atoms with Crippen molar-refractivity contribution in [1.82, 2.24) is 15.1 Å². The van der Waals surface area contributed by atoms with Gasteiger partial charge >= 0.3 is 0 Å². The number of aromatic nitrogens is 2. The minimum Gasteiger partial charge on any atom is -0.310 e. The largest absolute Gasteiger partial charge is 0.310 e. The summed E-state index contributed by atoms with van der Waals surface area (Å²) >= 11 is 6.39. The first kappa shape index (κ1) is 16.1. The number of nitrogens with one attached hydrogen (secondary N) is 1. The van der Waals surface area contributed by atoms with E-state index in [9.17, 15) is 0 Å². The van der Waals surface area contributed by atoms with Crippen LogP contribution < -0.4 is 5.32 Å². The lowest BCUT2D eigenvalue weighted by Crippen LogP contribution is -2.25. The molecule has 1 aromatic carbocycles. The highest BCUT2D eigenvalue weighted by molar-refractivity contribution is 6.30. The van der Waals surface area contributed by atoms with Gasteiger partial charge in [-0.2, -0.15) is 5.10 Å². The van der Waals surface area contributed by atoms with Crippen molar-refractivity contribution in [2.45, 2.75) is 39.7 Å². The van der Waals surface area contributed by atoms with Crippen molar-refractivity contribution in [1.29, 1.82) is 0 Å². The SMILES string of the molecule is CCCNC(Cc1c(C)nn(C)c1Cl)c1ccccc1C. The van der Waals surface area contributed by atoms with Gasteiger partial charge in [0.2, 0.25) is 0 Å². The molecule has 1 heterocycles. The van der Waals surface area contributed by atoms with Crippen molar-refractivity contribution < 1.29 is 0 Å². The van der Waals surface area contributed by atoms with Gasteiger partial charge in [0.1, 0.15) is 5.15 Å². The Morgan fingerprint density at radius 2 is 2.00 bits per heavy atom. The zero-order valence-electron chi connectivity index (χ0n) is 13.3. The summed E-state index contributed by atoms with van der Waals surface area (Å²) in [6.07, 6.45) is 1.98. The van der Waals surface area contributed by atoms with E-state index in [1.165, 1.54) is 11.1 Å². The molecule has 4 heteroatoms. The Labute approximate surface area is 132 Å². The summed E-state index contributed by atoms with van der Waals surface area (Å²) in [5.41, 5.74) is 4.80. The molecule has 0 radical (unpaired) electrons. The lowest BCUT2D eigenvalue weighted by Gasteiger charge is -2.21. The molecular formula is C17H24ClN3. The van der Waals surface area contributed by atoms with Crippen LogP contribution >= 0.6 is 11.6 Å². The van der Waals surface area contributed by atoms with E-state index >= 15 is 0 Å².